The Bertz CT molecular complexity index is 754. The Morgan fingerprint density at radius 2 is 1.68 bits per heavy atom. The maximum Gasteiger partial charge on any atom is 0.321 e. The van der Waals surface area contributed by atoms with Gasteiger partial charge >= 0.3 is 6.03 Å². The van der Waals surface area contributed by atoms with Crippen LogP contribution in [0, 0.1) is 20.8 Å². The number of aryl methyl sites for hydroxylation is 3. The molecule has 1 aliphatic heterocycles. The van der Waals surface area contributed by atoms with Crippen LogP contribution in [-0.4, -0.2) is 36.6 Å². The highest BCUT2D eigenvalue weighted by atomic mass is 16.2. The molecule has 3 rings (SSSR count). The summed E-state index contributed by atoms with van der Waals surface area (Å²) in [5.74, 6) is 0. The smallest absolute Gasteiger partial charge is 0.321 e. The summed E-state index contributed by atoms with van der Waals surface area (Å²) in [5, 5.41) is 3.07. The number of nitrogens with zero attached hydrogens (tertiary/aromatic N) is 2. The highest BCUT2D eigenvalue weighted by molar-refractivity contribution is 5.90. The van der Waals surface area contributed by atoms with Gasteiger partial charge in [0.25, 0.3) is 0 Å². The third-order valence-electron chi connectivity index (χ3n) is 4.91. The van der Waals surface area contributed by atoms with Gasteiger partial charge in [-0.05, 0) is 57.0 Å². The van der Waals surface area contributed by atoms with E-state index in [1.807, 2.05) is 30.9 Å². The van der Waals surface area contributed by atoms with Crippen molar-refractivity contribution in [2.75, 3.05) is 29.9 Å². The molecule has 0 aromatic heterocycles. The lowest BCUT2D eigenvalue weighted by atomic mass is 10.1. The molecule has 1 atom stereocenters. The molecule has 1 fully saturated rings. The summed E-state index contributed by atoms with van der Waals surface area (Å²) in [7, 11) is 0. The first-order valence-electron chi connectivity index (χ1n) is 8.90. The predicted octanol–water partition coefficient (Wildman–Crippen LogP) is 4.35. The highest BCUT2D eigenvalue weighted by Crippen LogP contribution is 2.22. The van der Waals surface area contributed by atoms with E-state index in [1.54, 1.807) is 0 Å². The molecule has 0 radical (unpaired) electrons. The lowest BCUT2D eigenvalue weighted by Crippen LogP contribution is -2.54. The Kier molecular flexibility index (Phi) is 4.98. The molecule has 0 aliphatic carbocycles. The number of nitrogens with one attached hydrogen (secondary N) is 1. The van der Waals surface area contributed by atoms with Crippen molar-refractivity contribution in [2.24, 2.45) is 0 Å². The van der Waals surface area contributed by atoms with E-state index in [0.29, 0.717) is 6.04 Å². The zero-order valence-electron chi connectivity index (χ0n) is 15.5. The standard InChI is InChI=1S/C21H27N3O/c1-15-6-9-19(10-7-15)24-12-11-23(14-18(24)4)21(25)22-20-13-16(2)5-8-17(20)3/h5-10,13,18H,11-12,14H2,1-4H3,(H,22,25). The SMILES string of the molecule is Cc1ccc(N2CCN(C(=O)Nc3cc(C)ccc3C)CC2C)cc1. The van der Waals surface area contributed by atoms with Crippen LogP contribution in [0.2, 0.25) is 0 Å². The molecule has 25 heavy (non-hydrogen) atoms. The van der Waals surface area contributed by atoms with Crippen LogP contribution in [0.4, 0.5) is 16.2 Å². The van der Waals surface area contributed by atoms with E-state index >= 15 is 0 Å². The van der Waals surface area contributed by atoms with E-state index in [4.69, 9.17) is 0 Å². The zero-order chi connectivity index (χ0) is 18.0. The fraction of sp³-hybridized carbons (Fsp3) is 0.381. The number of carbonyl (C=O) groups is 1. The van der Waals surface area contributed by atoms with Gasteiger partial charge in [0, 0.05) is 37.1 Å². The number of hydrogen-bond acceptors (Lipinski definition) is 2. The highest BCUT2D eigenvalue weighted by Gasteiger charge is 2.27. The van der Waals surface area contributed by atoms with Crippen molar-refractivity contribution >= 4 is 17.4 Å². The normalized spacial score (nSPS) is 17.5. The molecule has 0 bridgehead atoms. The van der Waals surface area contributed by atoms with Crippen LogP contribution in [0.1, 0.15) is 23.6 Å². The third kappa shape index (κ3) is 3.95. The minimum absolute atomic E-state index is 0.0101. The van der Waals surface area contributed by atoms with Crippen molar-refractivity contribution in [3.63, 3.8) is 0 Å². The Labute approximate surface area is 150 Å². The third-order valence-corrected chi connectivity index (χ3v) is 4.91. The number of piperazine rings is 1. The van der Waals surface area contributed by atoms with E-state index in [2.05, 4.69) is 54.4 Å². The molecule has 1 saturated heterocycles. The zero-order valence-corrected chi connectivity index (χ0v) is 15.5. The molecular weight excluding hydrogens is 310 g/mol. The summed E-state index contributed by atoms with van der Waals surface area (Å²) < 4.78 is 0. The maximum atomic E-state index is 12.7. The molecule has 2 aromatic carbocycles. The Morgan fingerprint density at radius 1 is 1.00 bits per heavy atom. The molecule has 4 nitrogen and oxygen atoms in total. The van der Waals surface area contributed by atoms with Gasteiger partial charge < -0.3 is 15.1 Å². The van der Waals surface area contributed by atoms with Crippen molar-refractivity contribution in [1.82, 2.24) is 4.90 Å². The first-order chi connectivity index (χ1) is 11.9. The van der Waals surface area contributed by atoms with Crippen LogP contribution in [0.5, 0.6) is 0 Å². The second-order valence-corrected chi connectivity index (χ2v) is 7.07. The van der Waals surface area contributed by atoms with Gasteiger partial charge in [0.15, 0.2) is 0 Å². The number of urea groups is 1. The van der Waals surface area contributed by atoms with Gasteiger partial charge in [-0.1, -0.05) is 29.8 Å². The first-order valence-corrected chi connectivity index (χ1v) is 8.90. The minimum Gasteiger partial charge on any atom is -0.365 e. The Balaban J connectivity index is 1.65. The van der Waals surface area contributed by atoms with E-state index < -0.39 is 0 Å². The van der Waals surface area contributed by atoms with Crippen LogP contribution in [-0.2, 0) is 0 Å². The van der Waals surface area contributed by atoms with Crippen LogP contribution < -0.4 is 10.2 Å². The summed E-state index contributed by atoms with van der Waals surface area (Å²) in [4.78, 5) is 17.0. The van der Waals surface area contributed by atoms with Gasteiger partial charge in [-0.2, -0.15) is 0 Å². The lowest BCUT2D eigenvalue weighted by molar-refractivity contribution is 0.200. The molecule has 0 saturated carbocycles. The van der Waals surface area contributed by atoms with Crippen molar-refractivity contribution in [1.29, 1.82) is 0 Å². The summed E-state index contributed by atoms with van der Waals surface area (Å²) in [6, 6.07) is 15.0. The average Bonchev–Trinajstić information content (AvgIpc) is 2.59. The summed E-state index contributed by atoms with van der Waals surface area (Å²) in [6.07, 6.45) is 0. The van der Waals surface area contributed by atoms with Gasteiger partial charge in [0.05, 0.1) is 0 Å². The van der Waals surface area contributed by atoms with E-state index in [-0.39, 0.29) is 6.03 Å². The predicted molar refractivity (Wildman–Crippen MR) is 104 cm³/mol. The van der Waals surface area contributed by atoms with E-state index in [1.165, 1.54) is 11.3 Å². The molecule has 1 N–H and O–H groups in total. The fourth-order valence-corrected chi connectivity index (χ4v) is 3.33. The molecule has 2 aromatic rings. The van der Waals surface area contributed by atoms with Crippen LogP contribution in [0.25, 0.3) is 0 Å². The average molecular weight is 337 g/mol. The molecule has 1 unspecified atom stereocenters. The first kappa shape index (κ1) is 17.3. The molecular formula is C21H27N3O. The quantitative estimate of drug-likeness (QED) is 0.884. The van der Waals surface area contributed by atoms with Crippen LogP contribution in [0.3, 0.4) is 0 Å². The largest absolute Gasteiger partial charge is 0.365 e. The van der Waals surface area contributed by atoms with E-state index in [0.717, 1.165) is 36.4 Å². The maximum absolute atomic E-state index is 12.7. The molecule has 132 valence electrons. The monoisotopic (exact) mass is 337 g/mol. The van der Waals surface area contributed by atoms with Gasteiger partial charge in [-0.25, -0.2) is 4.79 Å². The topological polar surface area (TPSA) is 35.6 Å². The number of amides is 2. The number of carbonyl (C=O) groups excluding carboxylic acids is 1. The van der Waals surface area contributed by atoms with Crippen molar-refractivity contribution in [3.8, 4) is 0 Å². The van der Waals surface area contributed by atoms with Crippen LogP contribution >= 0.6 is 0 Å². The molecule has 4 heteroatoms. The van der Waals surface area contributed by atoms with Gasteiger partial charge in [0.1, 0.15) is 0 Å². The van der Waals surface area contributed by atoms with Crippen molar-refractivity contribution < 1.29 is 4.79 Å². The van der Waals surface area contributed by atoms with Crippen molar-refractivity contribution in [2.45, 2.75) is 33.7 Å². The second kappa shape index (κ2) is 7.18. The summed E-state index contributed by atoms with van der Waals surface area (Å²) in [5.41, 5.74) is 5.64. The molecule has 0 spiro atoms. The Hall–Kier alpha value is -2.49. The summed E-state index contributed by atoms with van der Waals surface area (Å²) in [6.45, 7) is 10.6. The Morgan fingerprint density at radius 3 is 2.36 bits per heavy atom. The van der Waals surface area contributed by atoms with Gasteiger partial charge in [0.2, 0.25) is 0 Å². The number of hydrogen-bond donors (Lipinski definition) is 1. The van der Waals surface area contributed by atoms with Crippen molar-refractivity contribution in [3.05, 3.63) is 59.2 Å². The second-order valence-electron chi connectivity index (χ2n) is 7.07. The van der Waals surface area contributed by atoms with Gasteiger partial charge in [-0.3, -0.25) is 0 Å². The number of benzene rings is 2. The van der Waals surface area contributed by atoms with E-state index in [9.17, 15) is 4.79 Å². The molecule has 1 aliphatic rings. The van der Waals surface area contributed by atoms with Crippen LogP contribution in [0.15, 0.2) is 42.5 Å². The number of rotatable bonds is 2. The summed E-state index contributed by atoms with van der Waals surface area (Å²) >= 11 is 0. The molecule has 1 heterocycles. The number of anilines is 2. The van der Waals surface area contributed by atoms with Gasteiger partial charge in [-0.15, -0.1) is 0 Å². The lowest BCUT2D eigenvalue weighted by Gasteiger charge is -2.41. The fourth-order valence-electron chi connectivity index (χ4n) is 3.33. The molecule has 2 amide bonds. The minimum atomic E-state index is -0.0101.